The highest BCUT2D eigenvalue weighted by Gasteiger charge is 2.08. The fraction of sp³-hybridized carbons (Fsp3) is 0.579. The lowest BCUT2D eigenvalue weighted by Crippen LogP contribution is -2.39. The van der Waals surface area contributed by atoms with E-state index in [2.05, 4.69) is 15.6 Å². The molecule has 0 fully saturated rings. The van der Waals surface area contributed by atoms with Crippen molar-refractivity contribution in [2.24, 2.45) is 4.99 Å². The number of nitrogens with zero attached hydrogens (tertiary/aromatic N) is 2. The molecule has 2 N–H and O–H groups in total. The normalized spacial score (nSPS) is 10.6. The number of ether oxygens (including phenoxy) is 2. The van der Waals surface area contributed by atoms with E-state index in [1.165, 1.54) is 0 Å². The topological polar surface area (TPSA) is 75.2 Å². The third-order valence-corrected chi connectivity index (χ3v) is 3.78. The van der Waals surface area contributed by atoms with Crippen LogP contribution in [0.2, 0.25) is 0 Å². The number of nitrogens with one attached hydrogen (secondary N) is 2. The second-order valence-electron chi connectivity index (χ2n) is 5.53. The minimum absolute atomic E-state index is 0. The molecule has 0 aliphatic carbocycles. The van der Waals surface area contributed by atoms with E-state index in [-0.39, 0.29) is 29.9 Å². The minimum atomic E-state index is 0. The van der Waals surface area contributed by atoms with E-state index in [0.717, 1.165) is 31.1 Å². The van der Waals surface area contributed by atoms with Crippen LogP contribution in [-0.4, -0.2) is 63.2 Å². The average Bonchev–Trinajstić information content (AvgIpc) is 2.66. The lowest BCUT2D eigenvalue weighted by Gasteiger charge is -2.18. The predicted octanol–water partition coefficient (Wildman–Crippen LogP) is 2.51. The summed E-state index contributed by atoms with van der Waals surface area (Å²) in [7, 11) is 1.64. The summed E-state index contributed by atoms with van der Waals surface area (Å²) in [6.45, 7) is 9.79. The maximum absolute atomic E-state index is 12.0. The van der Waals surface area contributed by atoms with E-state index < -0.39 is 0 Å². The first-order valence-corrected chi connectivity index (χ1v) is 9.21. The maximum Gasteiger partial charge on any atom is 0.224 e. The van der Waals surface area contributed by atoms with Gasteiger partial charge < -0.3 is 25.0 Å². The summed E-state index contributed by atoms with van der Waals surface area (Å²) >= 11 is 0. The van der Waals surface area contributed by atoms with Crippen LogP contribution in [0.4, 0.5) is 0 Å². The Balaban J connectivity index is 0.00000676. The standard InChI is InChI=1S/C19H32N4O3.HI/c1-5-20-19(21-13-12-18(24)23(6-2)7-3)22-14-15-26-17-10-8-16(25-4)9-11-17;/h8-11H,5-7,12-15H2,1-4H3,(H2,20,21,22);1H. The van der Waals surface area contributed by atoms with Crippen molar-refractivity contribution >= 4 is 35.8 Å². The molecule has 0 spiro atoms. The molecule has 0 saturated heterocycles. The van der Waals surface area contributed by atoms with Crippen LogP contribution < -0.4 is 20.1 Å². The van der Waals surface area contributed by atoms with Crippen LogP contribution in [0.25, 0.3) is 0 Å². The van der Waals surface area contributed by atoms with Gasteiger partial charge in [-0.1, -0.05) is 0 Å². The molecular formula is C19H33IN4O3. The SMILES string of the molecule is CCNC(=NCCC(=O)N(CC)CC)NCCOc1ccc(OC)cc1.I. The van der Waals surface area contributed by atoms with Crippen molar-refractivity contribution in [3.05, 3.63) is 24.3 Å². The molecule has 0 aliphatic heterocycles. The first-order chi connectivity index (χ1) is 12.6. The Kier molecular flexibility index (Phi) is 14.4. The van der Waals surface area contributed by atoms with Crippen molar-refractivity contribution in [1.82, 2.24) is 15.5 Å². The fourth-order valence-electron chi connectivity index (χ4n) is 2.35. The second kappa shape index (κ2) is 15.4. The zero-order chi connectivity index (χ0) is 19.2. The van der Waals surface area contributed by atoms with Crippen LogP contribution in [0.15, 0.2) is 29.3 Å². The van der Waals surface area contributed by atoms with Crippen LogP contribution in [0.3, 0.4) is 0 Å². The number of carbonyl (C=O) groups is 1. The third-order valence-electron chi connectivity index (χ3n) is 3.78. The molecule has 8 heteroatoms. The zero-order valence-electron chi connectivity index (χ0n) is 16.8. The van der Waals surface area contributed by atoms with E-state index in [1.54, 1.807) is 7.11 Å². The fourth-order valence-corrected chi connectivity index (χ4v) is 2.35. The molecule has 0 heterocycles. The Hall–Kier alpha value is -1.71. The number of carbonyl (C=O) groups excluding carboxylic acids is 1. The molecule has 1 aromatic carbocycles. The summed E-state index contributed by atoms with van der Waals surface area (Å²) < 4.78 is 10.8. The van der Waals surface area contributed by atoms with Gasteiger partial charge in [0.1, 0.15) is 18.1 Å². The van der Waals surface area contributed by atoms with Crippen molar-refractivity contribution in [1.29, 1.82) is 0 Å². The number of hydrogen-bond acceptors (Lipinski definition) is 4. The van der Waals surface area contributed by atoms with E-state index in [9.17, 15) is 4.79 Å². The van der Waals surface area contributed by atoms with Crippen molar-refractivity contribution in [2.45, 2.75) is 27.2 Å². The lowest BCUT2D eigenvalue weighted by molar-refractivity contribution is -0.130. The highest BCUT2D eigenvalue weighted by Crippen LogP contribution is 2.16. The summed E-state index contributed by atoms with van der Waals surface area (Å²) in [4.78, 5) is 18.3. The number of amides is 1. The van der Waals surface area contributed by atoms with E-state index in [4.69, 9.17) is 9.47 Å². The Bertz CT molecular complexity index is 548. The molecule has 7 nitrogen and oxygen atoms in total. The number of rotatable bonds is 11. The van der Waals surface area contributed by atoms with Crippen LogP contribution in [-0.2, 0) is 4.79 Å². The molecule has 0 bridgehead atoms. The maximum atomic E-state index is 12.0. The molecule has 0 saturated carbocycles. The van der Waals surface area contributed by atoms with Gasteiger partial charge in [0, 0.05) is 26.1 Å². The quantitative estimate of drug-likeness (QED) is 0.215. The Labute approximate surface area is 179 Å². The van der Waals surface area contributed by atoms with Crippen molar-refractivity contribution in [3.63, 3.8) is 0 Å². The van der Waals surface area contributed by atoms with E-state index in [1.807, 2.05) is 49.9 Å². The molecule has 1 amide bonds. The predicted molar refractivity (Wildman–Crippen MR) is 120 cm³/mol. The number of methoxy groups -OCH3 is 1. The summed E-state index contributed by atoms with van der Waals surface area (Å²) in [5, 5.41) is 6.38. The molecule has 0 unspecified atom stereocenters. The van der Waals surface area contributed by atoms with E-state index >= 15 is 0 Å². The summed E-state index contributed by atoms with van der Waals surface area (Å²) in [5.74, 6) is 2.42. The third kappa shape index (κ3) is 10.3. The van der Waals surface area contributed by atoms with Gasteiger partial charge in [-0.2, -0.15) is 0 Å². The minimum Gasteiger partial charge on any atom is -0.497 e. The lowest BCUT2D eigenvalue weighted by atomic mass is 10.3. The second-order valence-corrected chi connectivity index (χ2v) is 5.53. The number of halogens is 1. The molecule has 27 heavy (non-hydrogen) atoms. The van der Waals surface area contributed by atoms with Crippen molar-refractivity contribution < 1.29 is 14.3 Å². The van der Waals surface area contributed by atoms with Gasteiger partial charge in [0.05, 0.1) is 20.2 Å². The van der Waals surface area contributed by atoms with Crippen LogP contribution in [0.1, 0.15) is 27.2 Å². The monoisotopic (exact) mass is 492 g/mol. The zero-order valence-corrected chi connectivity index (χ0v) is 19.1. The molecule has 0 atom stereocenters. The largest absolute Gasteiger partial charge is 0.497 e. The van der Waals surface area contributed by atoms with Gasteiger partial charge in [-0.3, -0.25) is 9.79 Å². The summed E-state index contributed by atoms with van der Waals surface area (Å²) in [5.41, 5.74) is 0. The Morgan fingerprint density at radius 3 is 2.26 bits per heavy atom. The summed E-state index contributed by atoms with van der Waals surface area (Å²) in [6.07, 6.45) is 0.417. The molecular weight excluding hydrogens is 459 g/mol. The average molecular weight is 492 g/mol. The van der Waals surface area contributed by atoms with E-state index in [0.29, 0.717) is 32.1 Å². The molecule has 0 radical (unpaired) electrons. The van der Waals surface area contributed by atoms with Gasteiger partial charge in [0.15, 0.2) is 5.96 Å². The molecule has 0 aliphatic rings. The highest BCUT2D eigenvalue weighted by molar-refractivity contribution is 14.0. The number of guanidine groups is 1. The summed E-state index contributed by atoms with van der Waals surface area (Å²) in [6, 6.07) is 7.47. The van der Waals surface area contributed by atoms with Crippen molar-refractivity contribution in [2.75, 3.05) is 46.4 Å². The Morgan fingerprint density at radius 2 is 1.70 bits per heavy atom. The van der Waals surface area contributed by atoms with Gasteiger partial charge in [0.2, 0.25) is 5.91 Å². The van der Waals surface area contributed by atoms with Gasteiger partial charge in [0.25, 0.3) is 0 Å². The first-order valence-electron chi connectivity index (χ1n) is 9.21. The Morgan fingerprint density at radius 1 is 1.07 bits per heavy atom. The van der Waals surface area contributed by atoms with Crippen LogP contribution >= 0.6 is 24.0 Å². The number of hydrogen-bond donors (Lipinski definition) is 2. The van der Waals surface area contributed by atoms with Gasteiger partial charge in [-0.25, -0.2) is 0 Å². The molecule has 0 aromatic heterocycles. The van der Waals surface area contributed by atoms with Gasteiger partial charge in [-0.15, -0.1) is 24.0 Å². The molecule has 1 rings (SSSR count). The number of benzene rings is 1. The van der Waals surface area contributed by atoms with Gasteiger partial charge in [-0.05, 0) is 45.0 Å². The molecule has 1 aromatic rings. The van der Waals surface area contributed by atoms with Gasteiger partial charge >= 0.3 is 0 Å². The van der Waals surface area contributed by atoms with Crippen LogP contribution in [0.5, 0.6) is 11.5 Å². The smallest absolute Gasteiger partial charge is 0.224 e. The van der Waals surface area contributed by atoms with Crippen molar-refractivity contribution in [3.8, 4) is 11.5 Å². The van der Waals surface area contributed by atoms with Crippen LogP contribution in [0, 0.1) is 0 Å². The number of aliphatic imine (C=N–C) groups is 1. The molecule has 154 valence electrons. The first kappa shape index (κ1) is 25.3. The highest BCUT2D eigenvalue weighted by atomic mass is 127.